The summed E-state index contributed by atoms with van der Waals surface area (Å²) in [5.74, 6) is 1.10. The standard InChI is InChI=1S/C25H42N6O/c1-3-26-25(31-11-8-24(21-31)30-16-18-32-19-17-30)27-9-5-10-28-12-14-29(15-13-28)23-7-4-6-22(2)20-23/h4,6-7,20,24H,3,5,8-19,21H2,1-2H3,(H,26,27). The number of morpholine rings is 1. The molecule has 0 saturated carbocycles. The van der Waals surface area contributed by atoms with Crippen LogP contribution < -0.4 is 10.2 Å². The van der Waals surface area contributed by atoms with Crippen molar-refractivity contribution in [2.24, 2.45) is 4.99 Å². The highest BCUT2D eigenvalue weighted by Gasteiger charge is 2.30. The van der Waals surface area contributed by atoms with E-state index >= 15 is 0 Å². The molecule has 3 heterocycles. The van der Waals surface area contributed by atoms with Gasteiger partial charge < -0.3 is 19.9 Å². The summed E-state index contributed by atoms with van der Waals surface area (Å²) in [7, 11) is 0. The Labute approximate surface area is 194 Å². The highest BCUT2D eigenvalue weighted by atomic mass is 16.5. The van der Waals surface area contributed by atoms with E-state index in [9.17, 15) is 0 Å². The minimum Gasteiger partial charge on any atom is -0.379 e. The number of nitrogens with zero attached hydrogens (tertiary/aromatic N) is 5. The quantitative estimate of drug-likeness (QED) is 0.395. The van der Waals surface area contributed by atoms with Gasteiger partial charge in [-0.15, -0.1) is 0 Å². The highest BCUT2D eigenvalue weighted by molar-refractivity contribution is 5.80. The van der Waals surface area contributed by atoms with Crippen LogP contribution in [0.1, 0.15) is 25.3 Å². The zero-order valence-corrected chi connectivity index (χ0v) is 20.1. The van der Waals surface area contributed by atoms with Crippen molar-refractivity contribution in [3.8, 4) is 0 Å². The van der Waals surface area contributed by atoms with Crippen LogP contribution in [0.3, 0.4) is 0 Å². The first-order valence-electron chi connectivity index (χ1n) is 12.6. The van der Waals surface area contributed by atoms with Crippen molar-refractivity contribution in [2.45, 2.75) is 32.7 Å². The predicted octanol–water partition coefficient (Wildman–Crippen LogP) is 1.88. The summed E-state index contributed by atoms with van der Waals surface area (Å²) >= 11 is 0. The van der Waals surface area contributed by atoms with Gasteiger partial charge in [-0.25, -0.2) is 0 Å². The van der Waals surface area contributed by atoms with Gasteiger partial charge in [0.15, 0.2) is 5.96 Å². The molecule has 7 nitrogen and oxygen atoms in total. The number of hydrogen-bond donors (Lipinski definition) is 1. The van der Waals surface area contributed by atoms with E-state index in [0.717, 1.165) is 97.6 Å². The number of piperazine rings is 1. The van der Waals surface area contributed by atoms with Gasteiger partial charge >= 0.3 is 0 Å². The number of guanidine groups is 1. The largest absolute Gasteiger partial charge is 0.379 e. The van der Waals surface area contributed by atoms with Gasteiger partial charge in [-0.3, -0.25) is 14.8 Å². The summed E-state index contributed by atoms with van der Waals surface area (Å²) < 4.78 is 5.52. The van der Waals surface area contributed by atoms with E-state index in [1.165, 1.54) is 17.7 Å². The van der Waals surface area contributed by atoms with Crippen LogP contribution in [0.15, 0.2) is 29.3 Å². The van der Waals surface area contributed by atoms with Crippen LogP contribution in [0, 0.1) is 6.92 Å². The van der Waals surface area contributed by atoms with Gasteiger partial charge in [0.25, 0.3) is 0 Å². The SMILES string of the molecule is CCNC(=NCCCN1CCN(c2cccc(C)c2)CC1)N1CCC(N2CCOCC2)C1. The lowest BCUT2D eigenvalue weighted by Gasteiger charge is -2.36. The molecule has 1 N–H and O–H groups in total. The van der Waals surface area contributed by atoms with Crippen molar-refractivity contribution < 1.29 is 4.74 Å². The summed E-state index contributed by atoms with van der Waals surface area (Å²) in [5, 5.41) is 3.53. The molecule has 32 heavy (non-hydrogen) atoms. The molecule has 1 aromatic rings. The maximum absolute atomic E-state index is 5.52. The maximum atomic E-state index is 5.52. The van der Waals surface area contributed by atoms with Crippen LogP contribution in [-0.4, -0.2) is 112 Å². The third-order valence-corrected chi connectivity index (χ3v) is 6.99. The Bertz CT molecular complexity index is 727. The van der Waals surface area contributed by atoms with Crippen LogP contribution >= 0.6 is 0 Å². The van der Waals surface area contributed by atoms with Crippen LogP contribution in [0.2, 0.25) is 0 Å². The fourth-order valence-corrected chi connectivity index (χ4v) is 5.13. The Morgan fingerprint density at radius 1 is 1.09 bits per heavy atom. The van der Waals surface area contributed by atoms with Crippen molar-refractivity contribution in [2.75, 3.05) is 90.1 Å². The van der Waals surface area contributed by atoms with E-state index in [1.54, 1.807) is 0 Å². The molecule has 3 fully saturated rings. The Morgan fingerprint density at radius 2 is 1.91 bits per heavy atom. The lowest BCUT2D eigenvalue weighted by molar-refractivity contribution is 0.0195. The number of hydrogen-bond acceptors (Lipinski definition) is 5. The zero-order chi connectivity index (χ0) is 22.2. The van der Waals surface area contributed by atoms with Crippen molar-refractivity contribution >= 4 is 11.6 Å². The zero-order valence-electron chi connectivity index (χ0n) is 20.1. The minimum absolute atomic E-state index is 0.646. The molecule has 4 rings (SSSR count). The first-order chi connectivity index (χ1) is 15.7. The molecule has 1 aromatic carbocycles. The molecule has 0 amide bonds. The Hall–Kier alpha value is -1.83. The summed E-state index contributed by atoms with van der Waals surface area (Å²) in [4.78, 5) is 15.2. The van der Waals surface area contributed by atoms with Gasteiger partial charge in [0.2, 0.25) is 0 Å². The van der Waals surface area contributed by atoms with Crippen LogP contribution in [-0.2, 0) is 4.74 Å². The average molecular weight is 443 g/mol. The van der Waals surface area contributed by atoms with Gasteiger partial charge in [0.1, 0.15) is 0 Å². The van der Waals surface area contributed by atoms with E-state index in [1.807, 2.05) is 0 Å². The van der Waals surface area contributed by atoms with Crippen LogP contribution in [0.5, 0.6) is 0 Å². The van der Waals surface area contributed by atoms with Crippen molar-refractivity contribution in [1.82, 2.24) is 20.0 Å². The second-order valence-corrected chi connectivity index (χ2v) is 9.29. The number of anilines is 1. The molecule has 0 radical (unpaired) electrons. The molecule has 7 heteroatoms. The number of rotatable bonds is 7. The first-order valence-corrected chi connectivity index (χ1v) is 12.6. The molecular weight excluding hydrogens is 400 g/mol. The van der Waals surface area contributed by atoms with Gasteiger partial charge in [-0.2, -0.15) is 0 Å². The summed E-state index contributed by atoms with van der Waals surface area (Å²) in [5.41, 5.74) is 2.71. The molecule has 0 bridgehead atoms. The predicted molar refractivity (Wildman–Crippen MR) is 133 cm³/mol. The number of likely N-dealkylation sites (tertiary alicyclic amines) is 1. The van der Waals surface area contributed by atoms with Crippen molar-refractivity contribution in [3.63, 3.8) is 0 Å². The van der Waals surface area contributed by atoms with E-state index in [-0.39, 0.29) is 0 Å². The van der Waals surface area contributed by atoms with Gasteiger partial charge in [0, 0.05) is 83.7 Å². The lowest BCUT2D eigenvalue weighted by atomic mass is 10.2. The Morgan fingerprint density at radius 3 is 2.66 bits per heavy atom. The third kappa shape index (κ3) is 6.36. The maximum Gasteiger partial charge on any atom is 0.193 e. The highest BCUT2D eigenvalue weighted by Crippen LogP contribution is 2.19. The molecular formula is C25H42N6O. The van der Waals surface area contributed by atoms with Crippen LogP contribution in [0.25, 0.3) is 0 Å². The van der Waals surface area contributed by atoms with Gasteiger partial charge in [0.05, 0.1) is 13.2 Å². The molecule has 3 aliphatic rings. The van der Waals surface area contributed by atoms with Crippen molar-refractivity contribution in [3.05, 3.63) is 29.8 Å². The second-order valence-electron chi connectivity index (χ2n) is 9.29. The molecule has 3 aliphatic heterocycles. The molecule has 3 saturated heterocycles. The fourth-order valence-electron chi connectivity index (χ4n) is 5.13. The summed E-state index contributed by atoms with van der Waals surface area (Å²) in [6, 6.07) is 9.52. The monoisotopic (exact) mass is 442 g/mol. The summed E-state index contributed by atoms with van der Waals surface area (Å²) in [6.07, 6.45) is 2.36. The van der Waals surface area contributed by atoms with Gasteiger partial charge in [-0.1, -0.05) is 12.1 Å². The molecule has 1 unspecified atom stereocenters. The van der Waals surface area contributed by atoms with Crippen molar-refractivity contribution in [1.29, 1.82) is 0 Å². The smallest absolute Gasteiger partial charge is 0.193 e. The number of nitrogens with one attached hydrogen (secondary N) is 1. The molecule has 0 aromatic heterocycles. The lowest BCUT2D eigenvalue weighted by Crippen LogP contribution is -2.47. The number of benzene rings is 1. The third-order valence-electron chi connectivity index (χ3n) is 6.99. The van der Waals surface area contributed by atoms with E-state index in [2.05, 4.69) is 63.0 Å². The van der Waals surface area contributed by atoms with E-state index < -0.39 is 0 Å². The average Bonchev–Trinajstić information content (AvgIpc) is 3.32. The molecule has 0 spiro atoms. The number of aliphatic imine (C=N–C) groups is 1. The van der Waals surface area contributed by atoms with E-state index in [4.69, 9.17) is 9.73 Å². The topological polar surface area (TPSA) is 46.6 Å². The number of ether oxygens (including phenoxy) is 1. The first kappa shape index (κ1) is 23.3. The fraction of sp³-hybridized carbons (Fsp3) is 0.720. The Kier molecular flexibility index (Phi) is 8.65. The van der Waals surface area contributed by atoms with E-state index in [0.29, 0.717) is 6.04 Å². The minimum atomic E-state index is 0.646. The molecule has 1 atom stereocenters. The Balaban J connectivity index is 1.19. The normalized spacial score (nSPS) is 23.7. The van der Waals surface area contributed by atoms with Gasteiger partial charge in [-0.05, 0) is 44.4 Å². The summed E-state index contributed by atoms with van der Waals surface area (Å²) in [6.45, 7) is 17.9. The number of aryl methyl sites for hydroxylation is 1. The van der Waals surface area contributed by atoms with Crippen LogP contribution in [0.4, 0.5) is 5.69 Å². The molecule has 178 valence electrons. The molecule has 0 aliphatic carbocycles. The second kappa shape index (κ2) is 11.9.